The second-order valence-corrected chi connectivity index (χ2v) is 3.33. The zero-order chi connectivity index (χ0) is 10.8. The summed E-state index contributed by atoms with van der Waals surface area (Å²) in [6.45, 7) is 0. The van der Waals surface area contributed by atoms with Gasteiger partial charge in [-0.05, 0) is 12.2 Å². The van der Waals surface area contributed by atoms with Crippen LogP contribution >= 0.6 is 0 Å². The van der Waals surface area contributed by atoms with Gasteiger partial charge in [-0.2, -0.15) is 4.57 Å². The van der Waals surface area contributed by atoms with E-state index in [1.54, 1.807) is 16.8 Å². The molecule has 78 valence electrons. The number of esters is 1. The van der Waals surface area contributed by atoms with Crippen molar-refractivity contribution in [2.45, 2.75) is 12.8 Å². The Hall–Kier alpha value is -1.84. The van der Waals surface area contributed by atoms with Crippen molar-refractivity contribution in [1.29, 1.82) is 0 Å². The number of carbonyl (C=O) groups is 1. The number of carbonyl (C=O) groups excluding carboxylic acids is 1. The molecule has 1 aliphatic rings. The average molecular weight is 205 g/mol. The van der Waals surface area contributed by atoms with Gasteiger partial charge in [-0.3, -0.25) is 0 Å². The first-order chi connectivity index (χ1) is 7.24. The molecule has 0 radical (unpaired) electrons. The average Bonchev–Trinajstić information content (AvgIpc) is 2.28. The molecule has 0 atom stereocenters. The minimum atomic E-state index is -0.572. The van der Waals surface area contributed by atoms with Gasteiger partial charge in [0.25, 0.3) is 5.70 Å². The normalized spacial score (nSPS) is 14.7. The van der Waals surface area contributed by atoms with Crippen molar-refractivity contribution in [3.05, 3.63) is 35.8 Å². The second kappa shape index (κ2) is 3.73. The van der Waals surface area contributed by atoms with Crippen LogP contribution in [0, 0.1) is 0 Å². The van der Waals surface area contributed by atoms with Crippen molar-refractivity contribution in [3.63, 3.8) is 0 Å². The van der Waals surface area contributed by atoms with E-state index in [4.69, 9.17) is 0 Å². The van der Waals surface area contributed by atoms with Gasteiger partial charge < -0.3 is 9.84 Å². The first kappa shape index (κ1) is 9.71. The van der Waals surface area contributed by atoms with Crippen molar-refractivity contribution in [3.8, 4) is 0 Å². The fourth-order valence-corrected chi connectivity index (χ4v) is 1.70. The quantitative estimate of drug-likeness (QED) is 0.464. The summed E-state index contributed by atoms with van der Waals surface area (Å²) in [6.07, 6.45) is 2.74. The highest BCUT2D eigenvalue weighted by Gasteiger charge is 2.28. The van der Waals surface area contributed by atoms with Crippen LogP contribution in [0.3, 0.4) is 0 Å². The number of rotatable bonds is 1. The maximum atomic E-state index is 11.6. The molecule has 0 amide bonds. The largest absolute Gasteiger partial charge is 0.871 e. The minimum Gasteiger partial charge on any atom is -0.871 e. The Bertz CT molecular complexity index is 437. The Labute approximate surface area is 87.4 Å². The van der Waals surface area contributed by atoms with Crippen molar-refractivity contribution in [2.75, 3.05) is 7.11 Å². The maximum absolute atomic E-state index is 11.6. The fourth-order valence-electron chi connectivity index (χ4n) is 1.70. The van der Waals surface area contributed by atoms with E-state index in [0.29, 0.717) is 12.8 Å². The van der Waals surface area contributed by atoms with Gasteiger partial charge in [0, 0.05) is 18.6 Å². The monoisotopic (exact) mass is 205 g/mol. The van der Waals surface area contributed by atoms with Gasteiger partial charge >= 0.3 is 5.97 Å². The summed E-state index contributed by atoms with van der Waals surface area (Å²) in [5.74, 6) is -0.734. The molecule has 0 aliphatic carbocycles. The molecule has 0 unspecified atom stereocenters. The zero-order valence-corrected chi connectivity index (χ0v) is 8.40. The molecular formula is C11H11NO3. The van der Waals surface area contributed by atoms with Crippen molar-refractivity contribution in [2.24, 2.45) is 0 Å². The second-order valence-electron chi connectivity index (χ2n) is 3.33. The molecule has 0 bridgehead atoms. The number of fused-ring (bicyclic) bond motifs is 1. The molecule has 0 saturated carbocycles. The van der Waals surface area contributed by atoms with E-state index in [1.165, 1.54) is 7.11 Å². The summed E-state index contributed by atoms with van der Waals surface area (Å²) in [7, 11) is 1.28. The summed E-state index contributed by atoms with van der Waals surface area (Å²) >= 11 is 0. The Balaban J connectivity index is 2.55. The van der Waals surface area contributed by atoms with Crippen LogP contribution in [0.2, 0.25) is 0 Å². The van der Waals surface area contributed by atoms with Crippen LogP contribution < -0.4 is 9.67 Å². The summed E-state index contributed by atoms with van der Waals surface area (Å²) in [6, 6.07) is 5.57. The predicted octanol–water partition coefficient (Wildman–Crippen LogP) is -0.378. The van der Waals surface area contributed by atoms with E-state index >= 15 is 0 Å². The third-order valence-corrected chi connectivity index (χ3v) is 2.44. The molecule has 0 aromatic carbocycles. The SMILES string of the molecule is COC(=O)C1=C([O-])CCc2cccc[n+]21. The highest BCUT2D eigenvalue weighted by Crippen LogP contribution is 2.14. The lowest BCUT2D eigenvalue weighted by Crippen LogP contribution is -2.45. The number of aryl methyl sites for hydroxylation is 1. The number of methoxy groups -OCH3 is 1. The van der Waals surface area contributed by atoms with Crippen LogP contribution in [-0.2, 0) is 16.0 Å². The minimum absolute atomic E-state index is 0.111. The molecule has 0 spiro atoms. The Morgan fingerprint density at radius 3 is 3.00 bits per heavy atom. The van der Waals surface area contributed by atoms with Gasteiger partial charge in [-0.25, -0.2) is 4.79 Å². The first-order valence-corrected chi connectivity index (χ1v) is 4.72. The van der Waals surface area contributed by atoms with Gasteiger partial charge in [0.05, 0.1) is 7.11 Å². The Morgan fingerprint density at radius 1 is 1.47 bits per heavy atom. The van der Waals surface area contributed by atoms with E-state index < -0.39 is 5.97 Å². The summed E-state index contributed by atoms with van der Waals surface area (Å²) in [5, 5.41) is 11.6. The smallest absolute Gasteiger partial charge is 0.402 e. The van der Waals surface area contributed by atoms with Crippen LogP contribution in [0.25, 0.3) is 5.70 Å². The number of hydrogen-bond acceptors (Lipinski definition) is 3. The Kier molecular flexibility index (Phi) is 2.41. The van der Waals surface area contributed by atoms with E-state index in [1.807, 2.05) is 12.1 Å². The summed E-state index contributed by atoms with van der Waals surface area (Å²) in [5.41, 5.74) is 1.07. The fraction of sp³-hybridized carbons (Fsp3) is 0.273. The topological polar surface area (TPSA) is 53.2 Å². The maximum Gasteiger partial charge on any atom is 0.402 e. The molecule has 2 rings (SSSR count). The van der Waals surface area contributed by atoms with E-state index in [2.05, 4.69) is 4.74 Å². The molecule has 4 nitrogen and oxygen atoms in total. The molecular weight excluding hydrogens is 194 g/mol. The first-order valence-electron chi connectivity index (χ1n) is 4.72. The van der Waals surface area contributed by atoms with Gasteiger partial charge in [-0.15, -0.1) is 0 Å². The highest BCUT2D eigenvalue weighted by molar-refractivity contribution is 6.06. The molecule has 15 heavy (non-hydrogen) atoms. The third-order valence-electron chi connectivity index (χ3n) is 2.44. The lowest BCUT2D eigenvalue weighted by molar-refractivity contribution is -0.595. The molecule has 1 aliphatic heterocycles. The van der Waals surface area contributed by atoms with Crippen LogP contribution in [0.4, 0.5) is 0 Å². The van der Waals surface area contributed by atoms with E-state index in [9.17, 15) is 9.90 Å². The molecule has 0 N–H and O–H groups in total. The number of ether oxygens (including phenoxy) is 1. The summed E-state index contributed by atoms with van der Waals surface area (Å²) in [4.78, 5) is 11.4. The van der Waals surface area contributed by atoms with Crippen molar-refractivity contribution < 1.29 is 19.2 Å². The Morgan fingerprint density at radius 2 is 2.27 bits per heavy atom. The molecule has 2 heterocycles. The number of nitrogens with zero attached hydrogens (tertiary/aromatic N) is 1. The van der Waals surface area contributed by atoms with Crippen LogP contribution in [0.5, 0.6) is 0 Å². The van der Waals surface area contributed by atoms with Gasteiger partial charge in [0.2, 0.25) is 0 Å². The number of aromatic nitrogens is 1. The lowest BCUT2D eigenvalue weighted by Gasteiger charge is -2.18. The van der Waals surface area contributed by atoms with E-state index in [-0.39, 0.29) is 11.5 Å². The lowest BCUT2D eigenvalue weighted by atomic mass is 10.1. The number of allylic oxidation sites excluding steroid dienone is 1. The number of hydrogen-bond donors (Lipinski definition) is 0. The molecule has 1 aromatic heterocycles. The van der Waals surface area contributed by atoms with E-state index in [0.717, 1.165) is 5.69 Å². The van der Waals surface area contributed by atoms with Gasteiger partial charge in [0.1, 0.15) is 0 Å². The summed E-state index contributed by atoms with van der Waals surface area (Å²) < 4.78 is 6.21. The molecule has 0 saturated heterocycles. The molecule has 1 aromatic rings. The molecule has 0 fully saturated rings. The van der Waals surface area contributed by atoms with Crippen LogP contribution in [-0.4, -0.2) is 13.1 Å². The van der Waals surface area contributed by atoms with Crippen molar-refractivity contribution >= 4 is 11.7 Å². The number of pyridine rings is 1. The van der Waals surface area contributed by atoms with Crippen LogP contribution in [0.15, 0.2) is 30.2 Å². The standard InChI is InChI=1S/C11H11NO3/c1-15-11(14)10-9(13)6-5-8-4-2-3-7-12(8)10/h2-4,7H,5-6H2,1H3. The zero-order valence-electron chi connectivity index (χ0n) is 8.40. The third kappa shape index (κ3) is 1.58. The van der Waals surface area contributed by atoms with Crippen LogP contribution in [0.1, 0.15) is 12.1 Å². The van der Waals surface area contributed by atoms with Crippen molar-refractivity contribution in [1.82, 2.24) is 0 Å². The van der Waals surface area contributed by atoms with Gasteiger partial charge in [0.15, 0.2) is 11.9 Å². The van der Waals surface area contributed by atoms with Gasteiger partial charge in [-0.1, -0.05) is 6.07 Å². The molecule has 4 heteroatoms. The predicted molar refractivity (Wildman–Crippen MR) is 50.2 cm³/mol. The highest BCUT2D eigenvalue weighted by atomic mass is 16.5.